The topological polar surface area (TPSA) is 78.4 Å². The number of aromatic nitrogens is 2. The Labute approximate surface area is 169 Å². The molecule has 0 N–H and O–H groups in total. The standard InChI is InChI=1S/C23H15FN2O4/c24-19-8-4-3-7-17(19)23-25-21(26-30-23)13-28-22(27)12-15-11-18-16-6-2-1-5-14(16)9-10-20(18)29-15/h1-11H,12-13H2. The molecule has 0 fully saturated rings. The molecule has 2 aromatic heterocycles. The molecule has 3 aromatic carbocycles. The number of rotatable bonds is 5. The molecule has 0 saturated heterocycles. The lowest BCUT2D eigenvalue weighted by Crippen LogP contribution is -2.08. The van der Waals surface area contributed by atoms with Gasteiger partial charge in [0.1, 0.15) is 23.6 Å². The van der Waals surface area contributed by atoms with E-state index in [9.17, 15) is 9.18 Å². The Hall–Kier alpha value is -4.00. The van der Waals surface area contributed by atoms with Crippen LogP contribution in [0.3, 0.4) is 0 Å². The van der Waals surface area contributed by atoms with Gasteiger partial charge >= 0.3 is 5.97 Å². The van der Waals surface area contributed by atoms with Crippen LogP contribution in [0.25, 0.3) is 33.2 Å². The number of fused-ring (bicyclic) bond motifs is 3. The van der Waals surface area contributed by atoms with Crippen LogP contribution in [0.5, 0.6) is 0 Å². The molecule has 0 saturated carbocycles. The monoisotopic (exact) mass is 402 g/mol. The number of benzene rings is 3. The van der Waals surface area contributed by atoms with Crippen LogP contribution in [0.4, 0.5) is 4.39 Å². The molecule has 7 heteroatoms. The van der Waals surface area contributed by atoms with Crippen molar-refractivity contribution in [3.8, 4) is 11.5 Å². The van der Waals surface area contributed by atoms with E-state index in [0.717, 1.165) is 16.2 Å². The zero-order valence-corrected chi connectivity index (χ0v) is 15.7. The number of nitrogens with zero attached hydrogens (tertiary/aromatic N) is 2. The number of hydrogen-bond acceptors (Lipinski definition) is 6. The third-order valence-electron chi connectivity index (χ3n) is 4.73. The summed E-state index contributed by atoms with van der Waals surface area (Å²) in [7, 11) is 0. The van der Waals surface area contributed by atoms with Gasteiger partial charge in [0.2, 0.25) is 5.82 Å². The lowest BCUT2D eigenvalue weighted by molar-refractivity contribution is -0.144. The predicted molar refractivity (Wildman–Crippen MR) is 107 cm³/mol. The third kappa shape index (κ3) is 3.41. The smallest absolute Gasteiger partial charge is 0.313 e. The molecule has 148 valence electrons. The van der Waals surface area contributed by atoms with Crippen molar-refractivity contribution in [1.29, 1.82) is 0 Å². The van der Waals surface area contributed by atoms with Gasteiger partial charge in [-0.1, -0.05) is 47.6 Å². The van der Waals surface area contributed by atoms with Gasteiger partial charge in [-0.2, -0.15) is 4.98 Å². The quantitative estimate of drug-likeness (QED) is 0.382. The highest BCUT2D eigenvalue weighted by molar-refractivity contribution is 6.06. The summed E-state index contributed by atoms with van der Waals surface area (Å²) in [6.07, 6.45) is -0.0268. The van der Waals surface area contributed by atoms with E-state index >= 15 is 0 Å². The summed E-state index contributed by atoms with van der Waals surface area (Å²) in [5.74, 6) is -0.273. The maximum Gasteiger partial charge on any atom is 0.313 e. The minimum Gasteiger partial charge on any atom is -0.460 e. The number of hydrogen-bond donors (Lipinski definition) is 0. The van der Waals surface area contributed by atoms with Crippen LogP contribution in [0.2, 0.25) is 0 Å². The van der Waals surface area contributed by atoms with Crippen molar-refractivity contribution in [1.82, 2.24) is 10.1 Å². The van der Waals surface area contributed by atoms with Gasteiger partial charge in [0.05, 0.1) is 5.56 Å². The Bertz CT molecular complexity index is 1370. The normalized spacial score (nSPS) is 11.2. The molecule has 30 heavy (non-hydrogen) atoms. The highest BCUT2D eigenvalue weighted by Crippen LogP contribution is 2.28. The largest absolute Gasteiger partial charge is 0.460 e. The van der Waals surface area contributed by atoms with Gasteiger partial charge in [-0.3, -0.25) is 4.79 Å². The van der Waals surface area contributed by atoms with Gasteiger partial charge in [-0.25, -0.2) is 4.39 Å². The summed E-state index contributed by atoms with van der Waals surface area (Å²) in [6.45, 7) is -0.181. The Kier molecular flexibility index (Phi) is 4.48. The molecule has 0 aliphatic carbocycles. The lowest BCUT2D eigenvalue weighted by Gasteiger charge is -1.99. The van der Waals surface area contributed by atoms with Crippen molar-refractivity contribution >= 4 is 27.7 Å². The lowest BCUT2D eigenvalue weighted by atomic mass is 10.1. The number of carbonyl (C=O) groups excluding carboxylic acids is 1. The zero-order chi connectivity index (χ0) is 20.5. The van der Waals surface area contributed by atoms with E-state index < -0.39 is 11.8 Å². The summed E-state index contributed by atoms with van der Waals surface area (Å²) in [5, 5.41) is 6.84. The molecular formula is C23H15FN2O4. The summed E-state index contributed by atoms with van der Waals surface area (Å²) in [4.78, 5) is 16.3. The molecule has 5 aromatic rings. The third-order valence-corrected chi connectivity index (χ3v) is 4.73. The first-order valence-electron chi connectivity index (χ1n) is 9.31. The summed E-state index contributed by atoms with van der Waals surface area (Å²) in [6, 6.07) is 19.8. The predicted octanol–water partition coefficient (Wildman–Crippen LogP) is 5.06. The number of furan rings is 1. The second kappa shape index (κ2) is 7.44. The number of halogens is 1. The Morgan fingerprint density at radius 1 is 1.00 bits per heavy atom. The Morgan fingerprint density at radius 2 is 1.83 bits per heavy atom. The van der Waals surface area contributed by atoms with Crippen molar-refractivity contribution in [2.24, 2.45) is 0 Å². The van der Waals surface area contributed by atoms with Crippen molar-refractivity contribution in [2.75, 3.05) is 0 Å². The van der Waals surface area contributed by atoms with Gasteiger partial charge in [-0.15, -0.1) is 0 Å². The van der Waals surface area contributed by atoms with E-state index in [2.05, 4.69) is 10.1 Å². The van der Waals surface area contributed by atoms with Gasteiger partial charge in [-0.05, 0) is 35.0 Å². The summed E-state index contributed by atoms with van der Waals surface area (Å²) >= 11 is 0. The van der Waals surface area contributed by atoms with Gasteiger partial charge in [0, 0.05) is 5.39 Å². The van der Waals surface area contributed by atoms with E-state index in [1.54, 1.807) is 12.1 Å². The number of ether oxygens (including phenoxy) is 1. The molecule has 0 amide bonds. The number of esters is 1. The van der Waals surface area contributed by atoms with Crippen LogP contribution in [0, 0.1) is 5.82 Å². The molecule has 0 aliphatic heterocycles. The average molecular weight is 402 g/mol. The highest BCUT2D eigenvalue weighted by Gasteiger charge is 2.16. The van der Waals surface area contributed by atoms with Crippen LogP contribution in [-0.4, -0.2) is 16.1 Å². The second-order valence-electron chi connectivity index (χ2n) is 6.74. The molecule has 0 spiro atoms. The van der Waals surface area contributed by atoms with E-state index in [1.165, 1.54) is 12.1 Å². The molecule has 2 heterocycles. The van der Waals surface area contributed by atoms with E-state index in [1.807, 2.05) is 42.5 Å². The zero-order valence-electron chi connectivity index (χ0n) is 15.7. The SMILES string of the molecule is O=C(Cc1cc2c(ccc3ccccc32)o1)OCc1noc(-c2ccccc2F)n1. The molecule has 0 aliphatic rings. The summed E-state index contributed by atoms with van der Waals surface area (Å²) < 4.78 is 29.9. The van der Waals surface area contributed by atoms with Crippen molar-refractivity contribution in [3.63, 3.8) is 0 Å². The van der Waals surface area contributed by atoms with Crippen LogP contribution >= 0.6 is 0 Å². The minimum absolute atomic E-state index is 0.0268. The molecular weight excluding hydrogens is 387 g/mol. The van der Waals surface area contributed by atoms with Gasteiger partial charge < -0.3 is 13.7 Å². The van der Waals surface area contributed by atoms with Crippen LogP contribution in [0.15, 0.2) is 75.7 Å². The molecule has 6 nitrogen and oxygen atoms in total. The molecule has 0 unspecified atom stereocenters. The summed E-state index contributed by atoms with van der Waals surface area (Å²) in [5.41, 5.74) is 0.904. The van der Waals surface area contributed by atoms with E-state index in [4.69, 9.17) is 13.7 Å². The second-order valence-corrected chi connectivity index (χ2v) is 6.74. The van der Waals surface area contributed by atoms with Crippen molar-refractivity contribution in [3.05, 3.63) is 84.1 Å². The van der Waals surface area contributed by atoms with Crippen molar-refractivity contribution < 1.29 is 22.9 Å². The maximum atomic E-state index is 13.8. The minimum atomic E-state index is -0.490. The molecule has 5 rings (SSSR count). The van der Waals surface area contributed by atoms with E-state index in [0.29, 0.717) is 11.3 Å². The molecule has 0 bridgehead atoms. The van der Waals surface area contributed by atoms with Gasteiger partial charge in [0.25, 0.3) is 5.89 Å². The Morgan fingerprint density at radius 3 is 2.73 bits per heavy atom. The highest BCUT2D eigenvalue weighted by atomic mass is 19.1. The maximum absolute atomic E-state index is 13.8. The first kappa shape index (κ1) is 18.1. The van der Waals surface area contributed by atoms with Crippen LogP contribution in [-0.2, 0) is 22.6 Å². The molecule has 0 atom stereocenters. The first-order valence-corrected chi connectivity index (χ1v) is 9.31. The fourth-order valence-electron chi connectivity index (χ4n) is 3.33. The average Bonchev–Trinajstić information content (AvgIpc) is 3.39. The first-order chi connectivity index (χ1) is 14.7. The number of carbonyl (C=O) groups is 1. The van der Waals surface area contributed by atoms with Gasteiger partial charge in [0.15, 0.2) is 6.61 Å². The van der Waals surface area contributed by atoms with E-state index in [-0.39, 0.29) is 30.3 Å². The van der Waals surface area contributed by atoms with Crippen LogP contribution < -0.4 is 0 Å². The fraction of sp³-hybridized carbons (Fsp3) is 0.0870. The van der Waals surface area contributed by atoms with Crippen molar-refractivity contribution in [2.45, 2.75) is 13.0 Å². The molecule has 0 radical (unpaired) electrons. The Balaban J connectivity index is 1.27. The van der Waals surface area contributed by atoms with Crippen LogP contribution in [0.1, 0.15) is 11.6 Å². The fourth-order valence-corrected chi connectivity index (χ4v) is 3.33.